The minimum Gasteiger partial charge on any atom is -0.351 e. The molecule has 0 radical (unpaired) electrons. The van der Waals surface area contributed by atoms with Gasteiger partial charge in [-0.2, -0.15) is 0 Å². The number of benzene rings is 1. The van der Waals surface area contributed by atoms with Gasteiger partial charge in [-0.25, -0.2) is 9.18 Å². The number of primary amides is 1. The maximum atomic E-state index is 12.7. The molecule has 0 spiro atoms. The second-order valence-corrected chi connectivity index (χ2v) is 4.53. The van der Waals surface area contributed by atoms with E-state index in [9.17, 15) is 14.0 Å². The lowest BCUT2D eigenvalue weighted by Crippen LogP contribution is -2.47. The molecule has 1 atom stereocenters. The van der Waals surface area contributed by atoms with Gasteiger partial charge in [0.1, 0.15) is 11.9 Å². The number of amides is 3. The lowest BCUT2D eigenvalue weighted by Gasteiger charge is -2.21. The number of hydrogen-bond acceptors (Lipinski definition) is 2. The lowest BCUT2D eigenvalue weighted by molar-refractivity contribution is -0.124. The van der Waals surface area contributed by atoms with Crippen LogP contribution in [0.25, 0.3) is 0 Å². The number of nitrogens with zero attached hydrogens (tertiary/aromatic N) is 1. The van der Waals surface area contributed by atoms with Crippen molar-refractivity contribution in [1.82, 2.24) is 10.2 Å². The summed E-state index contributed by atoms with van der Waals surface area (Å²) in [6.07, 6.45) is 1.40. The van der Waals surface area contributed by atoms with E-state index < -0.39 is 12.1 Å². The van der Waals surface area contributed by atoms with Crippen molar-refractivity contribution in [3.8, 4) is 0 Å². The highest BCUT2D eigenvalue weighted by Crippen LogP contribution is 2.16. The fourth-order valence-corrected chi connectivity index (χ4v) is 2.21. The van der Waals surface area contributed by atoms with Crippen molar-refractivity contribution in [3.63, 3.8) is 0 Å². The summed E-state index contributed by atoms with van der Waals surface area (Å²) in [6, 6.07) is 4.84. The Morgan fingerprint density at radius 3 is 2.68 bits per heavy atom. The third-order valence-corrected chi connectivity index (χ3v) is 3.22. The van der Waals surface area contributed by atoms with E-state index >= 15 is 0 Å². The van der Waals surface area contributed by atoms with E-state index in [1.54, 1.807) is 12.1 Å². The molecular weight excluding hydrogens is 249 g/mol. The van der Waals surface area contributed by atoms with E-state index in [-0.39, 0.29) is 11.7 Å². The topological polar surface area (TPSA) is 75.4 Å². The Kier molecular flexibility index (Phi) is 3.99. The summed E-state index contributed by atoms with van der Waals surface area (Å²) in [7, 11) is 0. The predicted molar refractivity (Wildman–Crippen MR) is 67.6 cm³/mol. The van der Waals surface area contributed by atoms with Crippen molar-refractivity contribution in [2.75, 3.05) is 6.54 Å². The molecule has 0 bridgehead atoms. The van der Waals surface area contributed by atoms with Gasteiger partial charge in [0.25, 0.3) is 0 Å². The fraction of sp³-hybridized carbons (Fsp3) is 0.385. The summed E-state index contributed by atoms with van der Waals surface area (Å²) in [5.41, 5.74) is 6.02. The normalized spacial score (nSPS) is 18.4. The molecule has 1 aromatic rings. The van der Waals surface area contributed by atoms with Gasteiger partial charge in [-0.3, -0.25) is 4.79 Å². The highest BCUT2D eigenvalue weighted by atomic mass is 19.1. The smallest absolute Gasteiger partial charge is 0.315 e. The predicted octanol–water partition coefficient (Wildman–Crippen LogP) is 0.985. The number of carbonyl (C=O) groups is 2. The number of urea groups is 1. The molecular formula is C13H16FN3O2. The molecule has 3 N–H and O–H groups in total. The molecule has 19 heavy (non-hydrogen) atoms. The van der Waals surface area contributed by atoms with Crippen LogP contribution in [-0.2, 0) is 11.3 Å². The minimum absolute atomic E-state index is 0.222. The Bertz CT molecular complexity index is 475. The zero-order valence-corrected chi connectivity index (χ0v) is 10.4. The number of carbonyl (C=O) groups excluding carboxylic acids is 2. The van der Waals surface area contributed by atoms with Crippen molar-refractivity contribution < 1.29 is 14.0 Å². The Balaban J connectivity index is 1.90. The molecule has 1 heterocycles. The van der Waals surface area contributed by atoms with E-state index in [1.165, 1.54) is 17.0 Å². The lowest BCUT2D eigenvalue weighted by atomic mass is 10.2. The van der Waals surface area contributed by atoms with Crippen LogP contribution in [-0.4, -0.2) is 29.4 Å². The molecule has 1 fully saturated rings. The average Bonchev–Trinajstić information content (AvgIpc) is 2.87. The Hall–Kier alpha value is -2.11. The summed E-state index contributed by atoms with van der Waals surface area (Å²) in [4.78, 5) is 24.5. The van der Waals surface area contributed by atoms with Crippen molar-refractivity contribution in [2.24, 2.45) is 5.73 Å². The second kappa shape index (κ2) is 5.69. The van der Waals surface area contributed by atoms with Gasteiger partial charge in [0.05, 0.1) is 0 Å². The fourth-order valence-electron chi connectivity index (χ4n) is 2.21. The van der Waals surface area contributed by atoms with Gasteiger partial charge in [0.15, 0.2) is 0 Å². The first-order valence-corrected chi connectivity index (χ1v) is 6.16. The van der Waals surface area contributed by atoms with Crippen LogP contribution in [0.5, 0.6) is 0 Å². The maximum absolute atomic E-state index is 12.7. The number of rotatable bonds is 3. The van der Waals surface area contributed by atoms with Gasteiger partial charge in [-0.15, -0.1) is 0 Å². The van der Waals surface area contributed by atoms with Gasteiger partial charge in [-0.05, 0) is 30.5 Å². The Morgan fingerprint density at radius 2 is 2.05 bits per heavy atom. The van der Waals surface area contributed by atoms with E-state index in [2.05, 4.69) is 5.32 Å². The van der Waals surface area contributed by atoms with Crippen molar-refractivity contribution >= 4 is 11.9 Å². The standard InChI is InChI=1S/C13H16FN3O2/c14-10-5-3-9(4-6-10)8-16-12(18)11-2-1-7-17(11)13(15)19/h3-6,11H,1-2,7-8H2,(H2,15,19)(H,16,18). The van der Waals surface area contributed by atoms with Crippen LogP contribution in [0.1, 0.15) is 18.4 Å². The van der Waals surface area contributed by atoms with Crippen LogP contribution in [0.4, 0.5) is 9.18 Å². The number of hydrogen-bond donors (Lipinski definition) is 2. The van der Waals surface area contributed by atoms with E-state index in [0.717, 1.165) is 12.0 Å². The Morgan fingerprint density at radius 1 is 1.37 bits per heavy atom. The first-order valence-electron chi connectivity index (χ1n) is 6.16. The van der Waals surface area contributed by atoms with Crippen molar-refractivity contribution in [3.05, 3.63) is 35.6 Å². The number of nitrogens with two attached hydrogens (primary N) is 1. The molecule has 1 aromatic carbocycles. The van der Waals surface area contributed by atoms with Gasteiger partial charge >= 0.3 is 6.03 Å². The number of likely N-dealkylation sites (tertiary alicyclic amines) is 1. The molecule has 2 rings (SSSR count). The zero-order chi connectivity index (χ0) is 13.8. The number of halogens is 1. The second-order valence-electron chi connectivity index (χ2n) is 4.53. The van der Waals surface area contributed by atoms with Crippen LogP contribution < -0.4 is 11.1 Å². The van der Waals surface area contributed by atoms with Crippen molar-refractivity contribution in [1.29, 1.82) is 0 Å². The summed E-state index contributed by atoms with van der Waals surface area (Å²) in [5.74, 6) is -0.536. The summed E-state index contributed by atoms with van der Waals surface area (Å²) in [5, 5.41) is 2.73. The molecule has 1 unspecified atom stereocenters. The van der Waals surface area contributed by atoms with Crippen LogP contribution in [0, 0.1) is 5.82 Å². The molecule has 0 aromatic heterocycles. The average molecular weight is 265 g/mol. The van der Waals surface area contributed by atoms with Crippen LogP contribution >= 0.6 is 0 Å². The summed E-state index contributed by atoms with van der Waals surface area (Å²) < 4.78 is 12.7. The monoisotopic (exact) mass is 265 g/mol. The van der Waals surface area contributed by atoms with Gasteiger partial charge in [-0.1, -0.05) is 12.1 Å². The van der Waals surface area contributed by atoms with Gasteiger partial charge in [0.2, 0.25) is 5.91 Å². The molecule has 102 valence electrons. The maximum Gasteiger partial charge on any atom is 0.315 e. The molecule has 1 saturated heterocycles. The Labute approximate surface area is 110 Å². The molecule has 3 amide bonds. The highest BCUT2D eigenvalue weighted by molar-refractivity contribution is 5.87. The molecule has 0 saturated carbocycles. The van der Waals surface area contributed by atoms with E-state index in [1.807, 2.05) is 0 Å². The quantitative estimate of drug-likeness (QED) is 0.855. The van der Waals surface area contributed by atoms with E-state index in [0.29, 0.717) is 19.5 Å². The van der Waals surface area contributed by atoms with E-state index in [4.69, 9.17) is 5.73 Å². The first kappa shape index (κ1) is 13.3. The van der Waals surface area contributed by atoms with Gasteiger partial charge < -0.3 is 16.0 Å². The van der Waals surface area contributed by atoms with Crippen LogP contribution in [0.2, 0.25) is 0 Å². The third-order valence-electron chi connectivity index (χ3n) is 3.22. The SMILES string of the molecule is NC(=O)N1CCCC1C(=O)NCc1ccc(F)cc1. The highest BCUT2D eigenvalue weighted by Gasteiger charge is 2.32. The minimum atomic E-state index is -0.570. The first-order chi connectivity index (χ1) is 9.08. The van der Waals surface area contributed by atoms with Gasteiger partial charge in [0, 0.05) is 13.1 Å². The largest absolute Gasteiger partial charge is 0.351 e. The molecule has 1 aliphatic rings. The van der Waals surface area contributed by atoms with Crippen LogP contribution in [0.15, 0.2) is 24.3 Å². The third kappa shape index (κ3) is 3.21. The van der Waals surface area contributed by atoms with Crippen molar-refractivity contribution in [2.45, 2.75) is 25.4 Å². The summed E-state index contributed by atoms with van der Waals surface area (Å²) in [6.45, 7) is 0.826. The molecule has 1 aliphatic heterocycles. The van der Waals surface area contributed by atoms with Crippen LogP contribution in [0.3, 0.4) is 0 Å². The molecule has 0 aliphatic carbocycles. The summed E-state index contributed by atoms with van der Waals surface area (Å²) >= 11 is 0. The molecule has 5 nitrogen and oxygen atoms in total. The zero-order valence-electron chi connectivity index (χ0n) is 10.4. The molecule has 6 heteroatoms. The number of nitrogens with one attached hydrogen (secondary N) is 1.